The van der Waals surface area contributed by atoms with Crippen molar-refractivity contribution >= 4 is 6.08 Å². The molecule has 80 valence electrons. The Morgan fingerprint density at radius 2 is 1.88 bits per heavy atom. The van der Waals surface area contributed by atoms with E-state index in [1.54, 1.807) is 6.20 Å². The van der Waals surface area contributed by atoms with E-state index in [-0.39, 0.29) is 0 Å². The molecule has 0 bridgehead atoms. The van der Waals surface area contributed by atoms with Gasteiger partial charge in [-0.15, -0.1) is 0 Å². The maximum absolute atomic E-state index is 5.40. The number of nitrogens with two attached hydrogens (primary N) is 1. The Bertz CT molecular complexity index is 458. The zero-order valence-electron chi connectivity index (χ0n) is 9.01. The van der Waals surface area contributed by atoms with Gasteiger partial charge in [-0.05, 0) is 17.7 Å². The van der Waals surface area contributed by atoms with Crippen molar-refractivity contribution in [3.05, 3.63) is 60.3 Å². The molecule has 1 aromatic carbocycles. The molecule has 16 heavy (non-hydrogen) atoms. The summed E-state index contributed by atoms with van der Waals surface area (Å²) in [6.07, 6.45) is 5.76. The van der Waals surface area contributed by atoms with Crippen LogP contribution in [0.4, 0.5) is 0 Å². The van der Waals surface area contributed by atoms with E-state index >= 15 is 0 Å². The van der Waals surface area contributed by atoms with E-state index in [1.807, 2.05) is 30.4 Å². The van der Waals surface area contributed by atoms with E-state index in [2.05, 4.69) is 29.2 Å². The van der Waals surface area contributed by atoms with Crippen molar-refractivity contribution in [3.63, 3.8) is 0 Å². The van der Waals surface area contributed by atoms with Gasteiger partial charge in [-0.25, -0.2) is 0 Å². The SMILES string of the molecule is NCC=Cc1ccc(-c2ccccn2)cc1. The first-order valence-corrected chi connectivity index (χ1v) is 5.28. The Kier molecular flexibility index (Phi) is 3.46. The average molecular weight is 210 g/mol. The second-order valence-corrected chi connectivity index (χ2v) is 3.48. The first-order chi connectivity index (χ1) is 7.90. The van der Waals surface area contributed by atoms with Gasteiger partial charge in [0.25, 0.3) is 0 Å². The summed E-state index contributed by atoms with van der Waals surface area (Å²) in [5, 5.41) is 0. The molecule has 2 heteroatoms. The summed E-state index contributed by atoms with van der Waals surface area (Å²) >= 11 is 0. The first-order valence-electron chi connectivity index (χ1n) is 5.28. The van der Waals surface area contributed by atoms with Crippen LogP contribution in [0, 0.1) is 0 Å². The third kappa shape index (κ3) is 2.55. The topological polar surface area (TPSA) is 38.9 Å². The lowest BCUT2D eigenvalue weighted by atomic mass is 10.1. The van der Waals surface area contributed by atoms with Gasteiger partial charge in [-0.3, -0.25) is 4.98 Å². The lowest BCUT2D eigenvalue weighted by Gasteiger charge is -2.00. The maximum atomic E-state index is 5.40. The summed E-state index contributed by atoms with van der Waals surface area (Å²) in [7, 11) is 0. The van der Waals surface area contributed by atoms with Gasteiger partial charge in [0.2, 0.25) is 0 Å². The van der Waals surface area contributed by atoms with Crippen molar-refractivity contribution in [2.24, 2.45) is 5.73 Å². The fourth-order valence-electron chi connectivity index (χ4n) is 1.50. The molecule has 0 amide bonds. The lowest BCUT2D eigenvalue weighted by molar-refractivity contribution is 1.26. The number of benzene rings is 1. The highest BCUT2D eigenvalue weighted by Crippen LogP contribution is 2.17. The monoisotopic (exact) mass is 210 g/mol. The minimum absolute atomic E-state index is 0.571. The molecule has 0 aliphatic rings. The summed E-state index contributed by atoms with van der Waals surface area (Å²) in [5.41, 5.74) is 8.69. The molecule has 2 nitrogen and oxygen atoms in total. The summed E-state index contributed by atoms with van der Waals surface area (Å²) in [5.74, 6) is 0. The number of rotatable bonds is 3. The van der Waals surface area contributed by atoms with Gasteiger partial charge in [0.05, 0.1) is 5.69 Å². The molecule has 0 saturated carbocycles. The standard InChI is InChI=1S/C14H14N2/c15-10-3-4-12-6-8-13(9-7-12)14-5-1-2-11-16-14/h1-9,11H,10,15H2. The summed E-state index contributed by atoms with van der Waals surface area (Å²) in [4.78, 5) is 4.30. The quantitative estimate of drug-likeness (QED) is 0.846. The van der Waals surface area contributed by atoms with Crippen LogP contribution in [-0.4, -0.2) is 11.5 Å². The minimum atomic E-state index is 0.571. The molecular formula is C14H14N2. The number of pyridine rings is 1. The Balaban J connectivity index is 2.23. The van der Waals surface area contributed by atoms with Gasteiger partial charge in [0, 0.05) is 18.3 Å². The fourth-order valence-corrected chi connectivity index (χ4v) is 1.50. The van der Waals surface area contributed by atoms with Crippen LogP contribution in [0.2, 0.25) is 0 Å². The van der Waals surface area contributed by atoms with Gasteiger partial charge < -0.3 is 5.73 Å². The molecule has 0 aliphatic carbocycles. The Morgan fingerprint density at radius 1 is 1.06 bits per heavy atom. The molecule has 0 saturated heterocycles. The summed E-state index contributed by atoms with van der Waals surface area (Å²) < 4.78 is 0. The number of hydrogen-bond acceptors (Lipinski definition) is 2. The Labute approximate surface area is 95.5 Å². The Hall–Kier alpha value is -1.93. The second-order valence-electron chi connectivity index (χ2n) is 3.48. The van der Waals surface area contributed by atoms with Gasteiger partial charge in [0.1, 0.15) is 0 Å². The molecule has 0 fully saturated rings. The first kappa shape index (κ1) is 10.6. The zero-order valence-corrected chi connectivity index (χ0v) is 9.01. The van der Waals surface area contributed by atoms with E-state index < -0.39 is 0 Å². The molecule has 1 heterocycles. The van der Waals surface area contributed by atoms with E-state index in [0.29, 0.717) is 6.54 Å². The van der Waals surface area contributed by atoms with Crippen LogP contribution in [0.5, 0.6) is 0 Å². The van der Waals surface area contributed by atoms with Crippen LogP contribution >= 0.6 is 0 Å². The summed E-state index contributed by atoms with van der Waals surface area (Å²) in [6, 6.07) is 14.2. The molecule has 0 radical (unpaired) electrons. The van der Waals surface area contributed by atoms with Gasteiger partial charge in [-0.2, -0.15) is 0 Å². The van der Waals surface area contributed by atoms with Crippen LogP contribution < -0.4 is 5.73 Å². The van der Waals surface area contributed by atoms with E-state index in [9.17, 15) is 0 Å². The van der Waals surface area contributed by atoms with Crippen molar-refractivity contribution in [2.75, 3.05) is 6.54 Å². The maximum Gasteiger partial charge on any atom is 0.0701 e. The highest BCUT2D eigenvalue weighted by molar-refractivity contribution is 5.62. The molecule has 0 aliphatic heterocycles. The van der Waals surface area contributed by atoms with Crippen molar-refractivity contribution in [1.29, 1.82) is 0 Å². The number of hydrogen-bond donors (Lipinski definition) is 1. The van der Waals surface area contributed by atoms with Crippen LogP contribution in [-0.2, 0) is 0 Å². The van der Waals surface area contributed by atoms with Crippen LogP contribution in [0.3, 0.4) is 0 Å². The third-order valence-corrected chi connectivity index (χ3v) is 2.32. The smallest absolute Gasteiger partial charge is 0.0701 e. The second kappa shape index (κ2) is 5.24. The van der Waals surface area contributed by atoms with Crippen LogP contribution in [0.25, 0.3) is 17.3 Å². The predicted octanol–water partition coefficient (Wildman–Crippen LogP) is 2.72. The van der Waals surface area contributed by atoms with E-state index in [1.165, 1.54) is 0 Å². The zero-order chi connectivity index (χ0) is 11.2. The molecule has 0 unspecified atom stereocenters. The largest absolute Gasteiger partial charge is 0.327 e. The normalized spacial score (nSPS) is 10.8. The average Bonchev–Trinajstić information content (AvgIpc) is 2.38. The van der Waals surface area contributed by atoms with Crippen molar-refractivity contribution in [1.82, 2.24) is 4.98 Å². The predicted molar refractivity (Wildman–Crippen MR) is 67.8 cm³/mol. The molecule has 1 aromatic heterocycles. The van der Waals surface area contributed by atoms with Crippen molar-refractivity contribution < 1.29 is 0 Å². The van der Waals surface area contributed by atoms with Crippen LogP contribution in [0.15, 0.2) is 54.7 Å². The van der Waals surface area contributed by atoms with Crippen LogP contribution in [0.1, 0.15) is 5.56 Å². The molecule has 0 atom stereocenters. The molecule has 0 spiro atoms. The van der Waals surface area contributed by atoms with Gasteiger partial charge in [0.15, 0.2) is 0 Å². The number of nitrogens with zero attached hydrogens (tertiary/aromatic N) is 1. The molecule has 2 rings (SSSR count). The van der Waals surface area contributed by atoms with Crippen molar-refractivity contribution in [3.8, 4) is 11.3 Å². The van der Waals surface area contributed by atoms with Crippen molar-refractivity contribution in [2.45, 2.75) is 0 Å². The summed E-state index contributed by atoms with van der Waals surface area (Å²) in [6.45, 7) is 0.571. The minimum Gasteiger partial charge on any atom is -0.327 e. The van der Waals surface area contributed by atoms with E-state index in [0.717, 1.165) is 16.8 Å². The lowest BCUT2D eigenvalue weighted by Crippen LogP contribution is -1.91. The highest BCUT2D eigenvalue weighted by Gasteiger charge is 1.96. The molecule has 2 N–H and O–H groups in total. The van der Waals surface area contributed by atoms with Gasteiger partial charge >= 0.3 is 0 Å². The third-order valence-electron chi connectivity index (χ3n) is 2.32. The molecular weight excluding hydrogens is 196 g/mol. The number of aromatic nitrogens is 1. The van der Waals surface area contributed by atoms with Gasteiger partial charge in [-0.1, -0.05) is 42.5 Å². The van der Waals surface area contributed by atoms with E-state index in [4.69, 9.17) is 5.73 Å². The Morgan fingerprint density at radius 3 is 2.50 bits per heavy atom. The fraction of sp³-hybridized carbons (Fsp3) is 0.0714. The molecule has 2 aromatic rings. The highest BCUT2D eigenvalue weighted by atomic mass is 14.7.